The van der Waals surface area contributed by atoms with Gasteiger partial charge in [-0.1, -0.05) is 93.2 Å². The number of aromatic nitrogens is 2. The van der Waals surface area contributed by atoms with Crippen LogP contribution in [-0.4, -0.2) is 21.6 Å². The van der Waals surface area contributed by atoms with Crippen molar-refractivity contribution in [2.45, 2.75) is 45.2 Å². The predicted octanol–water partition coefficient (Wildman–Crippen LogP) is 7.63. The Kier molecular flexibility index (Phi) is 7.64. The molecule has 5 rings (SSSR count). The van der Waals surface area contributed by atoms with Crippen molar-refractivity contribution in [3.8, 4) is 28.6 Å². The zero-order valence-electron chi connectivity index (χ0n) is 21.8. The summed E-state index contributed by atoms with van der Waals surface area (Å²) in [5.41, 5.74) is 5.59. The van der Waals surface area contributed by atoms with Crippen molar-refractivity contribution in [1.82, 2.24) is 9.97 Å². The van der Waals surface area contributed by atoms with E-state index in [4.69, 9.17) is 9.97 Å². The third kappa shape index (κ3) is 5.82. The number of fused-ring (bicyclic) bond motifs is 1. The van der Waals surface area contributed by atoms with Gasteiger partial charge in [0.15, 0.2) is 5.16 Å². The first-order valence-electron chi connectivity index (χ1n) is 12.8. The molecule has 0 unspecified atom stereocenters. The SMILES string of the molecule is CC(C)(C)[C@@H]1CCc2c(sc(NC(=O)CSc3nc(-c4ccccc4)cc(-c4ccccc4)n3)c2C#N)C1. The number of hydrogen-bond acceptors (Lipinski definition) is 6. The monoisotopic (exact) mass is 538 g/mol. The number of carbonyl (C=O) groups is 1. The van der Waals surface area contributed by atoms with Gasteiger partial charge < -0.3 is 5.32 Å². The molecule has 2 aromatic heterocycles. The van der Waals surface area contributed by atoms with Gasteiger partial charge in [-0.25, -0.2) is 9.97 Å². The number of carbonyl (C=O) groups excluding carboxylic acids is 1. The molecule has 0 bridgehead atoms. The van der Waals surface area contributed by atoms with Crippen molar-refractivity contribution in [3.63, 3.8) is 0 Å². The number of amides is 1. The van der Waals surface area contributed by atoms with E-state index in [-0.39, 0.29) is 17.1 Å². The minimum Gasteiger partial charge on any atom is -0.316 e. The molecule has 0 radical (unpaired) electrons. The van der Waals surface area contributed by atoms with Crippen LogP contribution < -0.4 is 5.32 Å². The third-order valence-electron chi connectivity index (χ3n) is 7.03. The summed E-state index contributed by atoms with van der Waals surface area (Å²) in [5.74, 6) is 0.574. The van der Waals surface area contributed by atoms with Gasteiger partial charge in [-0.15, -0.1) is 11.3 Å². The quantitative estimate of drug-likeness (QED) is 0.202. The molecule has 0 fully saturated rings. The van der Waals surface area contributed by atoms with Crippen LogP contribution in [0, 0.1) is 22.7 Å². The third-order valence-corrected chi connectivity index (χ3v) is 9.05. The van der Waals surface area contributed by atoms with E-state index in [0.29, 0.717) is 21.6 Å². The Balaban J connectivity index is 1.34. The molecule has 4 aromatic rings. The van der Waals surface area contributed by atoms with Gasteiger partial charge in [0.05, 0.1) is 22.7 Å². The Morgan fingerprint density at radius 3 is 2.21 bits per heavy atom. The molecule has 1 aliphatic rings. The largest absolute Gasteiger partial charge is 0.316 e. The zero-order valence-corrected chi connectivity index (χ0v) is 23.5. The lowest BCUT2D eigenvalue weighted by molar-refractivity contribution is -0.113. The molecule has 7 heteroatoms. The van der Waals surface area contributed by atoms with Crippen LogP contribution in [0.25, 0.3) is 22.5 Å². The minimum atomic E-state index is -0.160. The molecule has 0 saturated carbocycles. The van der Waals surface area contributed by atoms with Gasteiger partial charge in [-0.2, -0.15) is 5.26 Å². The summed E-state index contributed by atoms with van der Waals surface area (Å²) in [5, 5.41) is 14.1. The first-order chi connectivity index (χ1) is 18.3. The summed E-state index contributed by atoms with van der Waals surface area (Å²) in [6.07, 6.45) is 2.93. The van der Waals surface area contributed by atoms with Crippen molar-refractivity contribution in [2.75, 3.05) is 11.1 Å². The van der Waals surface area contributed by atoms with E-state index in [2.05, 4.69) is 32.2 Å². The van der Waals surface area contributed by atoms with Crippen molar-refractivity contribution in [1.29, 1.82) is 5.26 Å². The zero-order chi connectivity index (χ0) is 26.7. The summed E-state index contributed by atoms with van der Waals surface area (Å²) >= 11 is 2.87. The van der Waals surface area contributed by atoms with Gasteiger partial charge in [-0.3, -0.25) is 4.79 Å². The second-order valence-electron chi connectivity index (χ2n) is 10.6. The minimum absolute atomic E-state index is 0.157. The van der Waals surface area contributed by atoms with Gasteiger partial charge >= 0.3 is 0 Å². The summed E-state index contributed by atoms with van der Waals surface area (Å²) in [6.45, 7) is 6.83. The lowest BCUT2D eigenvalue weighted by Crippen LogP contribution is -2.26. The Bertz CT molecular complexity index is 1430. The lowest BCUT2D eigenvalue weighted by atomic mass is 9.72. The summed E-state index contributed by atoms with van der Waals surface area (Å²) < 4.78 is 0. The average Bonchev–Trinajstić information content (AvgIpc) is 3.28. The Morgan fingerprint density at radius 2 is 1.66 bits per heavy atom. The van der Waals surface area contributed by atoms with Gasteiger partial charge in [-0.05, 0) is 42.2 Å². The van der Waals surface area contributed by atoms with Gasteiger partial charge in [0.2, 0.25) is 5.91 Å². The Hall–Kier alpha value is -3.47. The van der Waals surface area contributed by atoms with Crippen LogP contribution in [0.1, 0.15) is 43.2 Å². The first-order valence-corrected chi connectivity index (χ1v) is 14.6. The van der Waals surface area contributed by atoms with Crippen molar-refractivity contribution < 1.29 is 4.79 Å². The van der Waals surface area contributed by atoms with Gasteiger partial charge in [0.25, 0.3) is 0 Å². The first kappa shape index (κ1) is 26.1. The second-order valence-corrected chi connectivity index (χ2v) is 12.7. The fraction of sp³-hybridized carbons (Fsp3) is 0.290. The van der Waals surface area contributed by atoms with E-state index in [0.717, 1.165) is 47.3 Å². The molecule has 0 spiro atoms. The summed E-state index contributed by atoms with van der Waals surface area (Å²) in [4.78, 5) is 23.7. The molecule has 38 heavy (non-hydrogen) atoms. The molecule has 192 valence electrons. The van der Waals surface area contributed by atoms with Crippen molar-refractivity contribution >= 4 is 34.0 Å². The standard InChI is InChI=1S/C31H30N4OS2/c1-31(2,3)22-14-15-23-24(18-32)29(38-27(23)16-22)35-28(36)19-37-30-33-25(20-10-6-4-7-11-20)17-26(34-30)21-12-8-5-9-13-21/h4-13,17,22H,14-16,19H2,1-3H3,(H,35,36)/t22-/m1/s1. The maximum atomic E-state index is 13.0. The maximum absolute atomic E-state index is 13.0. The molecular formula is C31H30N4OS2. The Labute approximate surface area is 232 Å². The van der Waals surface area contributed by atoms with E-state index >= 15 is 0 Å². The number of nitriles is 1. The highest BCUT2D eigenvalue weighted by atomic mass is 32.2. The fourth-order valence-electron chi connectivity index (χ4n) is 4.83. The van der Waals surface area contributed by atoms with Crippen LogP contribution in [0.15, 0.2) is 71.9 Å². The van der Waals surface area contributed by atoms with Crippen LogP contribution in [0.5, 0.6) is 0 Å². The maximum Gasteiger partial charge on any atom is 0.235 e. The number of rotatable bonds is 6. The van der Waals surface area contributed by atoms with Gasteiger partial charge in [0.1, 0.15) is 11.1 Å². The van der Waals surface area contributed by atoms with Crippen LogP contribution in [0.3, 0.4) is 0 Å². The normalized spacial score (nSPS) is 14.9. The van der Waals surface area contributed by atoms with E-state index in [1.54, 1.807) is 11.3 Å². The number of nitrogens with one attached hydrogen (secondary N) is 1. The molecular weight excluding hydrogens is 509 g/mol. The molecule has 0 saturated heterocycles. The van der Waals surface area contributed by atoms with Crippen molar-refractivity contribution in [3.05, 3.63) is 82.7 Å². The fourth-order valence-corrected chi connectivity index (χ4v) is 6.78. The molecule has 1 atom stereocenters. The highest BCUT2D eigenvalue weighted by molar-refractivity contribution is 7.99. The lowest BCUT2D eigenvalue weighted by Gasteiger charge is -2.33. The Morgan fingerprint density at radius 1 is 1.05 bits per heavy atom. The molecule has 2 heterocycles. The van der Waals surface area contributed by atoms with Crippen LogP contribution >= 0.6 is 23.1 Å². The topological polar surface area (TPSA) is 78.7 Å². The molecule has 5 nitrogen and oxygen atoms in total. The van der Waals surface area contributed by atoms with Crippen LogP contribution in [0.4, 0.5) is 5.00 Å². The van der Waals surface area contributed by atoms with E-state index in [9.17, 15) is 10.1 Å². The highest BCUT2D eigenvalue weighted by Crippen LogP contribution is 2.44. The highest BCUT2D eigenvalue weighted by Gasteiger charge is 2.32. The van der Waals surface area contributed by atoms with E-state index in [1.165, 1.54) is 16.6 Å². The number of benzene rings is 2. The van der Waals surface area contributed by atoms with Crippen molar-refractivity contribution in [2.24, 2.45) is 11.3 Å². The number of thiophene rings is 1. The smallest absolute Gasteiger partial charge is 0.235 e. The summed E-state index contributed by atoms with van der Waals surface area (Å²) in [6, 6.07) is 24.3. The number of anilines is 1. The number of hydrogen-bond donors (Lipinski definition) is 1. The number of thioether (sulfide) groups is 1. The predicted molar refractivity (Wildman–Crippen MR) is 156 cm³/mol. The van der Waals surface area contributed by atoms with Gasteiger partial charge in [0, 0.05) is 16.0 Å². The average molecular weight is 539 g/mol. The van der Waals surface area contributed by atoms with Crippen LogP contribution in [-0.2, 0) is 17.6 Å². The molecule has 0 aliphatic heterocycles. The van der Waals surface area contributed by atoms with Crippen LogP contribution in [0.2, 0.25) is 0 Å². The number of nitrogens with zero attached hydrogens (tertiary/aromatic N) is 3. The summed E-state index contributed by atoms with van der Waals surface area (Å²) in [7, 11) is 0. The molecule has 1 amide bonds. The van der Waals surface area contributed by atoms with E-state index < -0.39 is 0 Å². The molecule has 2 aromatic carbocycles. The molecule has 1 aliphatic carbocycles. The van der Waals surface area contributed by atoms with E-state index in [1.807, 2.05) is 66.7 Å². The second kappa shape index (κ2) is 11.1. The molecule has 1 N–H and O–H groups in total.